The molecular weight excluding hydrogens is 827 g/mol. The standard InChI is InChI=1S/C39H29N5O12S3/c1-56-34-19-24(12-15-30(34)42-43-31-17-22-10-13-27(40-26-6-3-2-4-7-26)16-25(22)20-37(31)59(53,54)55)23-11-14-29(33(45)18-23)41-44-32-21-36(58(50,51)52)28-8-5-9-35(57(47,48)49)38(28)39(32)46/h2-21,40,45-46H,1H3,(H,47,48,49)(H,50,51,52)(H,53,54,55). The Hall–Kier alpha value is -6.81. The van der Waals surface area contributed by atoms with Crippen LogP contribution in [-0.2, 0) is 30.4 Å². The molecular formula is C39H29N5O12S3. The molecule has 0 spiro atoms. The van der Waals surface area contributed by atoms with Crippen LogP contribution >= 0.6 is 0 Å². The number of phenolic OH excluding ortho intramolecular Hbond substituents is 2. The van der Waals surface area contributed by atoms with Gasteiger partial charge in [0.2, 0.25) is 0 Å². The summed E-state index contributed by atoms with van der Waals surface area (Å²) < 4.78 is 108. The summed E-state index contributed by atoms with van der Waals surface area (Å²) in [6.45, 7) is 0. The van der Waals surface area contributed by atoms with E-state index in [9.17, 15) is 49.1 Å². The van der Waals surface area contributed by atoms with E-state index in [4.69, 9.17) is 4.74 Å². The van der Waals surface area contributed by atoms with Gasteiger partial charge in [-0.3, -0.25) is 13.7 Å². The van der Waals surface area contributed by atoms with Gasteiger partial charge in [-0.25, -0.2) is 0 Å². The zero-order chi connectivity index (χ0) is 42.3. The van der Waals surface area contributed by atoms with Gasteiger partial charge in [-0.05, 0) is 94.7 Å². The molecule has 0 aliphatic carbocycles. The van der Waals surface area contributed by atoms with Crippen LogP contribution in [0.5, 0.6) is 17.2 Å². The van der Waals surface area contributed by atoms with Gasteiger partial charge in [-0.2, -0.15) is 25.3 Å². The molecule has 0 amide bonds. The van der Waals surface area contributed by atoms with E-state index in [1.54, 1.807) is 30.3 Å². The van der Waals surface area contributed by atoms with Crippen molar-refractivity contribution in [1.29, 1.82) is 0 Å². The summed E-state index contributed by atoms with van der Waals surface area (Å²) in [4.78, 5) is -2.15. The molecule has 0 aliphatic heterocycles. The normalized spacial score (nSPS) is 12.5. The van der Waals surface area contributed by atoms with E-state index in [0.717, 1.165) is 30.0 Å². The predicted molar refractivity (Wildman–Crippen MR) is 217 cm³/mol. The summed E-state index contributed by atoms with van der Waals surface area (Å²) in [6, 6.07) is 30.1. The molecule has 0 saturated carbocycles. The first-order valence-corrected chi connectivity index (χ1v) is 21.2. The molecule has 0 fully saturated rings. The lowest BCUT2D eigenvalue weighted by atomic mass is 10.0. The van der Waals surface area contributed by atoms with Crippen molar-refractivity contribution in [3.05, 3.63) is 121 Å². The van der Waals surface area contributed by atoms with Crippen molar-refractivity contribution >= 4 is 86.0 Å². The van der Waals surface area contributed by atoms with Crippen LogP contribution in [0.3, 0.4) is 0 Å². The number of azo groups is 2. The van der Waals surface area contributed by atoms with Crippen molar-refractivity contribution in [2.24, 2.45) is 20.5 Å². The fourth-order valence-corrected chi connectivity index (χ4v) is 8.21. The van der Waals surface area contributed by atoms with Gasteiger partial charge >= 0.3 is 0 Å². The van der Waals surface area contributed by atoms with E-state index in [-0.39, 0.29) is 22.8 Å². The third kappa shape index (κ3) is 8.57. The van der Waals surface area contributed by atoms with Crippen LogP contribution in [0, 0.1) is 0 Å². The number of hydrogen-bond donors (Lipinski definition) is 6. The first-order valence-electron chi connectivity index (χ1n) is 16.9. The van der Waals surface area contributed by atoms with E-state index in [2.05, 4.69) is 25.8 Å². The van der Waals surface area contributed by atoms with Gasteiger partial charge < -0.3 is 20.3 Å². The second-order valence-electron chi connectivity index (χ2n) is 12.7. The quantitative estimate of drug-likeness (QED) is 0.0523. The number of hydrogen-bond acceptors (Lipinski definition) is 14. The molecule has 17 nitrogen and oxygen atoms in total. The largest absolute Gasteiger partial charge is 0.506 e. The third-order valence-corrected chi connectivity index (χ3v) is 11.5. The molecule has 7 aromatic carbocycles. The average Bonchev–Trinajstić information content (AvgIpc) is 3.18. The summed E-state index contributed by atoms with van der Waals surface area (Å²) >= 11 is 0. The van der Waals surface area contributed by atoms with E-state index in [1.165, 1.54) is 43.5 Å². The monoisotopic (exact) mass is 855 g/mol. The molecule has 7 aromatic rings. The highest BCUT2D eigenvalue weighted by atomic mass is 32.2. The van der Waals surface area contributed by atoms with Crippen LogP contribution in [0.1, 0.15) is 0 Å². The number of ether oxygens (including phenoxy) is 1. The molecule has 0 saturated heterocycles. The maximum atomic E-state index is 12.4. The van der Waals surface area contributed by atoms with Crippen LogP contribution in [0.2, 0.25) is 0 Å². The van der Waals surface area contributed by atoms with Crippen molar-refractivity contribution in [3.63, 3.8) is 0 Å². The summed E-state index contributed by atoms with van der Waals surface area (Å²) in [5, 5.41) is 41.1. The first-order chi connectivity index (χ1) is 27.9. The second-order valence-corrected chi connectivity index (χ2v) is 16.9. The summed E-state index contributed by atoms with van der Waals surface area (Å²) in [5.74, 6) is -1.11. The molecule has 0 bridgehead atoms. The molecule has 0 heterocycles. The summed E-state index contributed by atoms with van der Waals surface area (Å²) in [6.07, 6.45) is 0. The van der Waals surface area contributed by atoms with E-state index in [1.807, 2.05) is 30.3 Å². The third-order valence-electron chi connectivity index (χ3n) is 8.87. The van der Waals surface area contributed by atoms with Gasteiger partial charge in [0.25, 0.3) is 30.4 Å². The van der Waals surface area contributed by atoms with Crippen molar-refractivity contribution in [1.82, 2.24) is 0 Å². The Morgan fingerprint density at radius 1 is 0.508 bits per heavy atom. The summed E-state index contributed by atoms with van der Waals surface area (Å²) in [7, 11) is -13.4. The van der Waals surface area contributed by atoms with Crippen LogP contribution in [-0.4, -0.2) is 56.2 Å². The van der Waals surface area contributed by atoms with Crippen LogP contribution in [0.4, 0.5) is 34.1 Å². The number of fused-ring (bicyclic) bond motifs is 2. The van der Waals surface area contributed by atoms with Crippen LogP contribution in [0.25, 0.3) is 32.7 Å². The average molecular weight is 856 g/mol. The molecule has 7 rings (SSSR count). The van der Waals surface area contributed by atoms with Crippen LogP contribution < -0.4 is 10.1 Å². The molecule has 0 unspecified atom stereocenters. The molecule has 59 heavy (non-hydrogen) atoms. The van der Waals surface area contributed by atoms with E-state index in [0.29, 0.717) is 27.6 Å². The molecule has 0 atom stereocenters. The smallest absolute Gasteiger partial charge is 0.296 e. The Bertz CT molecular complexity index is 3230. The zero-order valence-corrected chi connectivity index (χ0v) is 32.6. The fourth-order valence-electron chi connectivity index (χ4n) is 6.14. The number of nitrogens with zero attached hydrogens (tertiary/aromatic N) is 4. The minimum Gasteiger partial charge on any atom is -0.506 e. The number of rotatable bonds is 11. The summed E-state index contributed by atoms with van der Waals surface area (Å²) in [5.41, 5.74) is 1.73. The lowest BCUT2D eigenvalue weighted by Gasteiger charge is -2.11. The van der Waals surface area contributed by atoms with Gasteiger partial charge in [-0.15, -0.1) is 20.5 Å². The maximum absolute atomic E-state index is 12.4. The highest BCUT2D eigenvalue weighted by Gasteiger charge is 2.25. The highest BCUT2D eigenvalue weighted by molar-refractivity contribution is 7.86. The predicted octanol–water partition coefficient (Wildman–Crippen LogP) is 9.39. The minimum atomic E-state index is -5.01. The van der Waals surface area contributed by atoms with Crippen molar-refractivity contribution in [2.75, 3.05) is 12.4 Å². The molecule has 6 N–H and O–H groups in total. The molecule has 0 aromatic heterocycles. The number of methoxy groups -OCH3 is 1. The van der Waals surface area contributed by atoms with Crippen molar-refractivity contribution < 1.29 is 53.9 Å². The molecule has 300 valence electrons. The van der Waals surface area contributed by atoms with E-state index < -0.39 is 73.0 Å². The topological polar surface area (TPSA) is 274 Å². The molecule has 20 heteroatoms. The Morgan fingerprint density at radius 2 is 1.14 bits per heavy atom. The second kappa shape index (κ2) is 15.5. The van der Waals surface area contributed by atoms with Crippen LogP contribution in [0.15, 0.2) is 156 Å². The van der Waals surface area contributed by atoms with Crippen molar-refractivity contribution in [2.45, 2.75) is 14.7 Å². The van der Waals surface area contributed by atoms with Gasteiger partial charge in [0.05, 0.1) is 7.11 Å². The SMILES string of the molecule is COc1cc(-c2ccc(N=Nc3cc(S(=O)(=O)O)c4cccc(S(=O)(=O)O)c4c3O)c(O)c2)ccc1N=Nc1cc2ccc(Nc3ccccc3)cc2cc1S(=O)(=O)O. The lowest BCUT2D eigenvalue weighted by Crippen LogP contribution is -2.03. The zero-order valence-electron chi connectivity index (χ0n) is 30.2. The van der Waals surface area contributed by atoms with Gasteiger partial charge in [-0.1, -0.05) is 48.5 Å². The first kappa shape index (κ1) is 40.4. The molecule has 0 aliphatic rings. The van der Waals surface area contributed by atoms with Crippen molar-refractivity contribution in [3.8, 4) is 28.4 Å². The minimum absolute atomic E-state index is 0.130. The highest BCUT2D eigenvalue weighted by Crippen LogP contribution is 2.44. The lowest BCUT2D eigenvalue weighted by molar-refractivity contribution is 0.416. The Kier molecular flexibility index (Phi) is 10.6. The van der Waals surface area contributed by atoms with Gasteiger partial charge in [0.1, 0.15) is 48.9 Å². The van der Waals surface area contributed by atoms with E-state index >= 15 is 0 Å². The maximum Gasteiger partial charge on any atom is 0.296 e. The number of phenols is 2. The number of nitrogens with one attached hydrogen (secondary N) is 1. The fraction of sp³-hybridized carbons (Fsp3) is 0.0256. The number of para-hydroxylation sites is 1. The number of aromatic hydroxyl groups is 2. The van der Waals surface area contributed by atoms with Gasteiger partial charge in [0.15, 0.2) is 5.75 Å². The Morgan fingerprint density at radius 3 is 1.80 bits per heavy atom. The Labute approximate surface area is 335 Å². The Balaban J connectivity index is 1.17. The number of anilines is 2. The molecule has 0 radical (unpaired) electrons. The number of benzene rings is 7. The van der Waals surface area contributed by atoms with Gasteiger partial charge in [0, 0.05) is 22.1 Å².